The monoisotopic (exact) mass is 238 g/mol. The number of rotatable bonds is 3. The van der Waals surface area contributed by atoms with Crippen molar-refractivity contribution >= 4 is 5.91 Å². The minimum Gasteiger partial charge on any atom is -0.342 e. The Morgan fingerprint density at radius 3 is 2.29 bits per heavy atom. The smallest absolute Gasteiger partial charge is 0.228 e. The summed E-state index contributed by atoms with van der Waals surface area (Å²) in [6.07, 6.45) is 4.33. The van der Waals surface area contributed by atoms with Gasteiger partial charge in [-0.05, 0) is 52.6 Å². The van der Waals surface area contributed by atoms with Gasteiger partial charge in [-0.3, -0.25) is 4.79 Å². The number of hydrogen-bond donors (Lipinski definition) is 0. The first-order valence-corrected chi connectivity index (χ1v) is 7.12. The Kier molecular flexibility index (Phi) is 3.76. The first-order chi connectivity index (χ1) is 8.09. The molecule has 17 heavy (non-hydrogen) atoms. The van der Waals surface area contributed by atoms with Gasteiger partial charge in [0, 0.05) is 19.1 Å². The molecule has 0 aliphatic carbocycles. The Labute approximate surface area is 105 Å². The topological polar surface area (TPSA) is 23.6 Å². The van der Waals surface area contributed by atoms with Gasteiger partial charge in [-0.1, -0.05) is 6.92 Å². The molecule has 2 rings (SSSR count). The number of hydrogen-bond acceptors (Lipinski definition) is 2. The fourth-order valence-corrected chi connectivity index (χ4v) is 3.31. The molecule has 2 heterocycles. The zero-order valence-electron chi connectivity index (χ0n) is 11.5. The number of likely N-dealkylation sites (tertiary alicyclic amines) is 2. The Bertz CT molecular complexity index is 280. The van der Waals surface area contributed by atoms with Crippen LogP contribution in [0.5, 0.6) is 0 Å². The van der Waals surface area contributed by atoms with Gasteiger partial charge >= 0.3 is 0 Å². The van der Waals surface area contributed by atoms with Crippen molar-refractivity contribution in [3.8, 4) is 0 Å². The lowest BCUT2D eigenvalue weighted by atomic mass is 9.77. The Hall–Kier alpha value is -0.570. The lowest BCUT2D eigenvalue weighted by molar-refractivity contribution is -0.138. The zero-order chi connectivity index (χ0) is 12.5. The summed E-state index contributed by atoms with van der Waals surface area (Å²) in [5.41, 5.74) is 0.0144. The number of piperidine rings is 1. The number of carbonyl (C=O) groups excluding carboxylic acids is 1. The van der Waals surface area contributed by atoms with Gasteiger partial charge < -0.3 is 9.80 Å². The van der Waals surface area contributed by atoms with E-state index in [2.05, 4.69) is 30.6 Å². The van der Waals surface area contributed by atoms with Crippen molar-refractivity contribution in [2.45, 2.75) is 52.5 Å². The van der Waals surface area contributed by atoms with E-state index in [1.807, 2.05) is 0 Å². The number of carbonyl (C=O) groups is 1. The SMILES string of the molecule is CCCN1CCC2(CCN(C(C)C)CC2)C1=O. The van der Waals surface area contributed by atoms with Gasteiger partial charge in [0.15, 0.2) is 0 Å². The van der Waals surface area contributed by atoms with Gasteiger partial charge in [0.25, 0.3) is 0 Å². The summed E-state index contributed by atoms with van der Waals surface area (Å²) in [5, 5.41) is 0. The summed E-state index contributed by atoms with van der Waals surface area (Å²) < 4.78 is 0. The highest BCUT2D eigenvalue weighted by atomic mass is 16.2. The molecule has 1 amide bonds. The van der Waals surface area contributed by atoms with Crippen molar-refractivity contribution in [2.24, 2.45) is 5.41 Å². The third-order valence-electron chi connectivity index (χ3n) is 4.58. The van der Waals surface area contributed by atoms with Crippen LogP contribution in [-0.2, 0) is 4.79 Å². The summed E-state index contributed by atoms with van der Waals surface area (Å²) in [6.45, 7) is 10.8. The van der Waals surface area contributed by atoms with Crippen LogP contribution in [-0.4, -0.2) is 47.9 Å². The highest BCUT2D eigenvalue weighted by Crippen LogP contribution is 2.41. The van der Waals surface area contributed by atoms with E-state index in [0.29, 0.717) is 11.9 Å². The van der Waals surface area contributed by atoms with Crippen LogP contribution in [0.15, 0.2) is 0 Å². The van der Waals surface area contributed by atoms with E-state index < -0.39 is 0 Å². The molecule has 2 saturated heterocycles. The summed E-state index contributed by atoms with van der Waals surface area (Å²) >= 11 is 0. The average molecular weight is 238 g/mol. The molecular formula is C14H26N2O. The van der Waals surface area contributed by atoms with Crippen LogP contribution in [0.3, 0.4) is 0 Å². The van der Waals surface area contributed by atoms with Crippen LogP contribution in [0.25, 0.3) is 0 Å². The van der Waals surface area contributed by atoms with Gasteiger partial charge in [-0.2, -0.15) is 0 Å². The van der Waals surface area contributed by atoms with Crippen molar-refractivity contribution in [1.29, 1.82) is 0 Å². The predicted molar refractivity (Wildman–Crippen MR) is 69.9 cm³/mol. The maximum Gasteiger partial charge on any atom is 0.228 e. The lowest BCUT2D eigenvalue weighted by Crippen LogP contribution is -2.46. The largest absolute Gasteiger partial charge is 0.342 e. The third kappa shape index (κ3) is 2.35. The highest BCUT2D eigenvalue weighted by molar-refractivity contribution is 5.85. The minimum atomic E-state index is 0.0144. The molecule has 0 unspecified atom stereocenters. The second kappa shape index (κ2) is 4.97. The van der Waals surface area contributed by atoms with Gasteiger partial charge in [0.1, 0.15) is 0 Å². The number of amides is 1. The molecule has 1 spiro atoms. The molecule has 98 valence electrons. The number of nitrogens with zero attached hydrogens (tertiary/aromatic N) is 2. The fraction of sp³-hybridized carbons (Fsp3) is 0.929. The molecule has 2 aliphatic rings. The average Bonchev–Trinajstić information content (AvgIpc) is 2.60. The molecule has 3 heteroatoms. The highest BCUT2D eigenvalue weighted by Gasteiger charge is 2.47. The van der Waals surface area contributed by atoms with E-state index in [0.717, 1.165) is 51.9 Å². The van der Waals surface area contributed by atoms with E-state index in [1.54, 1.807) is 0 Å². The van der Waals surface area contributed by atoms with Crippen molar-refractivity contribution in [3.05, 3.63) is 0 Å². The fourth-order valence-electron chi connectivity index (χ4n) is 3.31. The summed E-state index contributed by atoms with van der Waals surface area (Å²) in [6, 6.07) is 0.621. The van der Waals surface area contributed by atoms with E-state index in [4.69, 9.17) is 0 Å². The van der Waals surface area contributed by atoms with Crippen molar-refractivity contribution in [3.63, 3.8) is 0 Å². The Balaban J connectivity index is 1.97. The molecule has 0 N–H and O–H groups in total. The molecule has 0 aromatic carbocycles. The summed E-state index contributed by atoms with van der Waals surface area (Å²) in [5.74, 6) is 0.447. The molecule has 2 aliphatic heterocycles. The maximum absolute atomic E-state index is 12.5. The minimum absolute atomic E-state index is 0.0144. The molecule has 0 saturated carbocycles. The molecule has 0 radical (unpaired) electrons. The first kappa shape index (κ1) is 12.9. The van der Waals surface area contributed by atoms with E-state index in [9.17, 15) is 4.79 Å². The molecular weight excluding hydrogens is 212 g/mol. The van der Waals surface area contributed by atoms with Crippen LogP contribution >= 0.6 is 0 Å². The van der Waals surface area contributed by atoms with Crippen LogP contribution in [0, 0.1) is 5.41 Å². The quantitative estimate of drug-likeness (QED) is 0.752. The second-order valence-corrected chi connectivity index (χ2v) is 5.95. The zero-order valence-corrected chi connectivity index (χ0v) is 11.5. The first-order valence-electron chi connectivity index (χ1n) is 7.12. The van der Waals surface area contributed by atoms with Gasteiger partial charge in [0.05, 0.1) is 5.41 Å². The predicted octanol–water partition coefficient (Wildman–Crippen LogP) is 2.12. The summed E-state index contributed by atoms with van der Waals surface area (Å²) in [7, 11) is 0. The normalized spacial score (nSPS) is 25.2. The van der Waals surface area contributed by atoms with Gasteiger partial charge in [0.2, 0.25) is 5.91 Å². The molecule has 3 nitrogen and oxygen atoms in total. The van der Waals surface area contributed by atoms with Gasteiger partial charge in [-0.25, -0.2) is 0 Å². The Morgan fingerprint density at radius 2 is 1.76 bits per heavy atom. The molecule has 0 aromatic rings. The van der Waals surface area contributed by atoms with Crippen LogP contribution in [0.2, 0.25) is 0 Å². The molecule has 0 atom stereocenters. The van der Waals surface area contributed by atoms with Crippen molar-refractivity contribution < 1.29 is 4.79 Å². The van der Waals surface area contributed by atoms with E-state index in [-0.39, 0.29) is 5.41 Å². The third-order valence-corrected chi connectivity index (χ3v) is 4.58. The summed E-state index contributed by atoms with van der Waals surface area (Å²) in [4.78, 5) is 17.0. The van der Waals surface area contributed by atoms with E-state index >= 15 is 0 Å². The standard InChI is InChI=1S/C14H26N2O/c1-4-8-16-11-7-14(13(16)17)5-9-15(10-6-14)12(2)3/h12H,4-11H2,1-3H3. The second-order valence-electron chi connectivity index (χ2n) is 5.95. The van der Waals surface area contributed by atoms with Crippen LogP contribution in [0.1, 0.15) is 46.5 Å². The molecule has 0 aromatic heterocycles. The Morgan fingerprint density at radius 1 is 1.18 bits per heavy atom. The lowest BCUT2D eigenvalue weighted by Gasteiger charge is -2.39. The maximum atomic E-state index is 12.5. The molecule has 2 fully saturated rings. The van der Waals surface area contributed by atoms with Gasteiger partial charge in [-0.15, -0.1) is 0 Å². The van der Waals surface area contributed by atoms with Crippen molar-refractivity contribution in [2.75, 3.05) is 26.2 Å². The van der Waals surface area contributed by atoms with Crippen LogP contribution in [0.4, 0.5) is 0 Å². The van der Waals surface area contributed by atoms with E-state index in [1.165, 1.54) is 0 Å². The van der Waals surface area contributed by atoms with Crippen LogP contribution < -0.4 is 0 Å². The van der Waals surface area contributed by atoms with Crippen molar-refractivity contribution in [1.82, 2.24) is 9.80 Å². The molecule has 0 bridgehead atoms.